The van der Waals surface area contributed by atoms with E-state index in [1.165, 1.54) is 18.9 Å². The first-order chi connectivity index (χ1) is 15.0. The molecule has 31 heavy (non-hydrogen) atoms. The molecule has 0 aliphatic carbocycles. The lowest BCUT2D eigenvalue weighted by molar-refractivity contribution is -0.115. The van der Waals surface area contributed by atoms with E-state index in [1.54, 1.807) is 4.52 Å². The number of anilines is 1. The molecule has 8 nitrogen and oxygen atoms in total. The lowest BCUT2D eigenvalue weighted by Gasteiger charge is -2.12. The summed E-state index contributed by atoms with van der Waals surface area (Å²) >= 11 is 0. The molecule has 0 unspecified atom stereocenters. The van der Waals surface area contributed by atoms with Crippen LogP contribution in [0.5, 0.6) is 0 Å². The second kappa shape index (κ2) is 7.54. The van der Waals surface area contributed by atoms with Crippen LogP contribution in [0.2, 0.25) is 0 Å². The van der Waals surface area contributed by atoms with Gasteiger partial charge in [0.15, 0.2) is 5.65 Å². The maximum atomic E-state index is 12.7. The molecule has 0 bridgehead atoms. The van der Waals surface area contributed by atoms with Crippen LogP contribution in [0, 0.1) is 13.8 Å². The molecule has 0 spiro atoms. The van der Waals surface area contributed by atoms with Gasteiger partial charge in [0, 0.05) is 53.4 Å². The Morgan fingerprint density at radius 3 is 2.74 bits per heavy atom. The fourth-order valence-electron chi connectivity index (χ4n) is 4.25. The molecule has 4 aromatic rings. The Bertz CT molecular complexity index is 1320. The SMILES string of the molecule is Cc1nc2cc(=O)[nH]n2c(C)c1CC(=O)Nc1ccc(-c2cn3c(n2)CCCC3)cc1. The van der Waals surface area contributed by atoms with Crippen molar-refractivity contribution in [2.45, 2.75) is 46.1 Å². The molecule has 1 aliphatic rings. The van der Waals surface area contributed by atoms with Gasteiger partial charge in [-0.15, -0.1) is 0 Å². The maximum Gasteiger partial charge on any atom is 0.266 e. The predicted octanol–water partition coefficient (Wildman–Crippen LogP) is 3.02. The zero-order valence-electron chi connectivity index (χ0n) is 17.6. The molecule has 5 rings (SSSR count). The summed E-state index contributed by atoms with van der Waals surface area (Å²) in [7, 11) is 0. The quantitative estimate of drug-likeness (QED) is 0.534. The molecule has 0 atom stereocenters. The molecule has 1 aromatic carbocycles. The topological polar surface area (TPSA) is 97.1 Å². The average molecular weight is 416 g/mol. The molecule has 0 fully saturated rings. The summed E-state index contributed by atoms with van der Waals surface area (Å²) in [5.74, 6) is 1.02. The summed E-state index contributed by atoms with van der Waals surface area (Å²) in [6.07, 6.45) is 5.72. The Labute approximate surface area is 178 Å². The largest absolute Gasteiger partial charge is 0.334 e. The summed E-state index contributed by atoms with van der Waals surface area (Å²) in [5.41, 5.74) is 5.44. The second-order valence-corrected chi connectivity index (χ2v) is 8.07. The fraction of sp³-hybridized carbons (Fsp3) is 0.304. The molecule has 1 amide bonds. The lowest BCUT2D eigenvalue weighted by atomic mass is 10.1. The fourth-order valence-corrected chi connectivity index (χ4v) is 4.25. The van der Waals surface area contributed by atoms with Gasteiger partial charge >= 0.3 is 0 Å². The van der Waals surface area contributed by atoms with Gasteiger partial charge in [-0.3, -0.25) is 14.7 Å². The van der Waals surface area contributed by atoms with Crippen LogP contribution < -0.4 is 10.9 Å². The summed E-state index contributed by atoms with van der Waals surface area (Å²) < 4.78 is 3.86. The van der Waals surface area contributed by atoms with Crippen LogP contribution in [-0.4, -0.2) is 30.1 Å². The highest BCUT2D eigenvalue weighted by Gasteiger charge is 2.15. The minimum absolute atomic E-state index is 0.132. The minimum Gasteiger partial charge on any atom is -0.334 e. The second-order valence-electron chi connectivity index (χ2n) is 8.07. The Kier molecular flexibility index (Phi) is 4.69. The molecular weight excluding hydrogens is 392 g/mol. The van der Waals surface area contributed by atoms with E-state index in [9.17, 15) is 9.59 Å². The summed E-state index contributed by atoms with van der Waals surface area (Å²) in [6, 6.07) is 9.21. The molecule has 1 aliphatic heterocycles. The first-order valence-corrected chi connectivity index (χ1v) is 10.5. The van der Waals surface area contributed by atoms with E-state index in [0.29, 0.717) is 5.65 Å². The van der Waals surface area contributed by atoms with Gasteiger partial charge in [0.2, 0.25) is 5.91 Å². The van der Waals surface area contributed by atoms with Crippen LogP contribution in [0.1, 0.15) is 35.6 Å². The Hall–Kier alpha value is -3.68. The van der Waals surface area contributed by atoms with Crippen molar-refractivity contribution in [3.05, 3.63) is 69.7 Å². The zero-order chi connectivity index (χ0) is 21.5. The molecular formula is C23H24N6O2. The number of imidazole rings is 1. The van der Waals surface area contributed by atoms with Crippen LogP contribution in [0.25, 0.3) is 16.9 Å². The van der Waals surface area contributed by atoms with E-state index in [4.69, 9.17) is 4.98 Å². The number of aryl methyl sites for hydroxylation is 4. The van der Waals surface area contributed by atoms with Gasteiger partial charge in [-0.1, -0.05) is 12.1 Å². The third-order valence-corrected chi connectivity index (χ3v) is 5.91. The molecule has 4 heterocycles. The number of rotatable bonds is 4. The third-order valence-electron chi connectivity index (χ3n) is 5.91. The number of aromatic nitrogens is 5. The van der Waals surface area contributed by atoms with Gasteiger partial charge in [0.05, 0.1) is 12.1 Å². The number of benzene rings is 1. The number of nitrogens with one attached hydrogen (secondary N) is 2. The number of hydrogen-bond donors (Lipinski definition) is 2. The van der Waals surface area contributed by atoms with Gasteiger partial charge < -0.3 is 9.88 Å². The van der Waals surface area contributed by atoms with Crippen molar-refractivity contribution >= 4 is 17.2 Å². The van der Waals surface area contributed by atoms with Gasteiger partial charge in [-0.2, -0.15) is 0 Å². The van der Waals surface area contributed by atoms with Crippen molar-refractivity contribution in [3.63, 3.8) is 0 Å². The van der Waals surface area contributed by atoms with Gasteiger partial charge in [-0.05, 0) is 38.8 Å². The summed E-state index contributed by atoms with van der Waals surface area (Å²) in [4.78, 5) is 33.5. The van der Waals surface area contributed by atoms with E-state index in [1.807, 2.05) is 38.1 Å². The summed E-state index contributed by atoms with van der Waals surface area (Å²) in [6.45, 7) is 4.76. The molecule has 0 saturated carbocycles. The van der Waals surface area contributed by atoms with Crippen molar-refractivity contribution in [2.75, 3.05) is 5.32 Å². The molecule has 158 valence electrons. The number of H-pyrrole nitrogens is 1. The monoisotopic (exact) mass is 416 g/mol. The van der Waals surface area contributed by atoms with E-state index >= 15 is 0 Å². The third kappa shape index (κ3) is 3.65. The molecule has 2 N–H and O–H groups in total. The normalized spacial score (nSPS) is 13.4. The van der Waals surface area contributed by atoms with E-state index < -0.39 is 0 Å². The minimum atomic E-state index is -0.213. The average Bonchev–Trinajstić information content (AvgIpc) is 3.35. The number of aromatic amines is 1. The molecule has 0 saturated heterocycles. The van der Waals surface area contributed by atoms with E-state index in [0.717, 1.165) is 52.7 Å². The number of fused-ring (bicyclic) bond motifs is 2. The number of amides is 1. The van der Waals surface area contributed by atoms with Crippen LogP contribution >= 0.6 is 0 Å². The highest BCUT2D eigenvalue weighted by atomic mass is 16.1. The summed E-state index contributed by atoms with van der Waals surface area (Å²) in [5, 5.41) is 5.67. The number of carbonyl (C=O) groups is 1. The number of nitrogens with zero attached hydrogens (tertiary/aromatic N) is 4. The van der Waals surface area contributed by atoms with Crippen LogP contribution in [-0.2, 0) is 24.2 Å². The lowest BCUT2D eigenvalue weighted by Crippen LogP contribution is -2.17. The van der Waals surface area contributed by atoms with Crippen molar-refractivity contribution < 1.29 is 4.79 Å². The predicted molar refractivity (Wildman–Crippen MR) is 118 cm³/mol. The molecule has 3 aromatic heterocycles. The highest BCUT2D eigenvalue weighted by molar-refractivity contribution is 5.92. The van der Waals surface area contributed by atoms with Crippen LogP contribution in [0.3, 0.4) is 0 Å². The Balaban J connectivity index is 1.31. The van der Waals surface area contributed by atoms with E-state index in [-0.39, 0.29) is 17.9 Å². The van der Waals surface area contributed by atoms with Crippen LogP contribution in [0.4, 0.5) is 5.69 Å². The molecule has 8 heteroatoms. The first kappa shape index (κ1) is 19.3. The highest BCUT2D eigenvalue weighted by Crippen LogP contribution is 2.24. The number of carbonyl (C=O) groups excluding carboxylic acids is 1. The first-order valence-electron chi connectivity index (χ1n) is 10.5. The van der Waals surface area contributed by atoms with E-state index in [2.05, 4.69) is 26.2 Å². The molecule has 0 radical (unpaired) electrons. The van der Waals surface area contributed by atoms with Crippen molar-refractivity contribution in [1.82, 2.24) is 24.1 Å². The standard InChI is InChI=1S/C23H24N6O2/c1-14-18(15(2)29-21(24-14)12-23(31)27-29)11-22(30)25-17-8-6-16(7-9-17)19-13-28-10-4-3-5-20(28)26-19/h6-9,12-13H,3-5,10-11H2,1-2H3,(H,25,30)(H,27,31). The Morgan fingerprint density at radius 2 is 1.97 bits per heavy atom. The number of hydrogen-bond acceptors (Lipinski definition) is 4. The maximum absolute atomic E-state index is 12.7. The van der Waals surface area contributed by atoms with Gasteiger partial charge in [0.1, 0.15) is 5.82 Å². The van der Waals surface area contributed by atoms with Gasteiger partial charge in [-0.25, -0.2) is 14.5 Å². The zero-order valence-corrected chi connectivity index (χ0v) is 17.6. The van der Waals surface area contributed by atoms with Crippen molar-refractivity contribution in [2.24, 2.45) is 0 Å². The smallest absolute Gasteiger partial charge is 0.266 e. The van der Waals surface area contributed by atoms with Crippen LogP contribution in [0.15, 0.2) is 41.3 Å². The Morgan fingerprint density at radius 1 is 1.16 bits per heavy atom. The van der Waals surface area contributed by atoms with Crippen molar-refractivity contribution in [3.8, 4) is 11.3 Å². The van der Waals surface area contributed by atoms with Crippen molar-refractivity contribution in [1.29, 1.82) is 0 Å². The van der Waals surface area contributed by atoms with Gasteiger partial charge in [0.25, 0.3) is 5.56 Å².